The Morgan fingerprint density at radius 1 is 1.16 bits per heavy atom. The van der Waals surface area contributed by atoms with E-state index in [-0.39, 0.29) is 17.0 Å². The Bertz CT molecular complexity index is 480. The first-order valence-corrected chi connectivity index (χ1v) is 8.17. The van der Waals surface area contributed by atoms with Crippen LogP contribution in [0.1, 0.15) is 32.4 Å². The third kappa shape index (κ3) is 4.84. The Morgan fingerprint density at radius 3 is 2.21 bits per heavy atom. The maximum Gasteiger partial charge on any atom is 0.153 e. The molecule has 1 unspecified atom stereocenters. The van der Waals surface area contributed by atoms with Crippen LogP contribution < -0.4 is 10.1 Å². The predicted molar refractivity (Wildman–Crippen MR) is 78.3 cm³/mol. The molecule has 0 aromatic heterocycles. The summed E-state index contributed by atoms with van der Waals surface area (Å²) in [6.07, 6.45) is 0. The van der Waals surface area contributed by atoms with E-state index >= 15 is 0 Å². The van der Waals surface area contributed by atoms with Gasteiger partial charge in [-0.25, -0.2) is 8.42 Å². The number of ether oxygens (including phenoxy) is 1. The van der Waals surface area contributed by atoms with Crippen LogP contribution in [0.5, 0.6) is 5.75 Å². The average Bonchev–Trinajstić information content (AvgIpc) is 2.38. The monoisotopic (exact) mass is 285 g/mol. The van der Waals surface area contributed by atoms with Gasteiger partial charge in [0, 0.05) is 12.6 Å². The fourth-order valence-corrected chi connectivity index (χ4v) is 2.54. The van der Waals surface area contributed by atoms with Gasteiger partial charge in [0.15, 0.2) is 9.84 Å². The lowest BCUT2D eigenvalue weighted by atomic mass is 10.1. The molecule has 4 nitrogen and oxygen atoms in total. The molecule has 0 radical (unpaired) electrons. The number of nitrogens with one attached hydrogen (secondary N) is 1. The van der Waals surface area contributed by atoms with Crippen LogP contribution in [0, 0.1) is 0 Å². The van der Waals surface area contributed by atoms with Gasteiger partial charge in [-0.3, -0.25) is 0 Å². The summed E-state index contributed by atoms with van der Waals surface area (Å²) in [6.45, 7) is 5.90. The fourth-order valence-electron chi connectivity index (χ4n) is 1.66. The second-order valence-corrected chi connectivity index (χ2v) is 7.54. The number of methoxy groups -OCH3 is 1. The molecule has 1 aromatic rings. The molecule has 0 heterocycles. The molecule has 0 saturated heterocycles. The summed E-state index contributed by atoms with van der Waals surface area (Å²) in [6, 6.07) is 7.88. The van der Waals surface area contributed by atoms with Gasteiger partial charge in [-0.15, -0.1) is 0 Å². The van der Waals surface area contributed by atoms with Crippen molar-refractivity contribution in [2.45, 2.75) is 32.1 Å². The first-order chi connectivity index (χ1) is 8.86. The van der Waals surface area contributed by atoms with E-state index in [1.807, 2.05) is 31.2 Å². The summed E-state index contributed by atoms with van der Waals surface area (Å²) in [5.41, 5.74) is 1.11. The van der Waals surface area contributed by atoms with E-state index in [2.05, 4.69) is 5.32 Å². The largest absolute Gasteiger partial charge is 0.497 e. The molecule has 0 aliphatic carbocycles. The van der Waals surface area contributed by atoms with E-state index in [0.29, 0.717) is 6.54 Å². The second kappa shape index (κ2) is 6.91. The first-order valence-electron chi connectivity index (χ1n) is 6.45. The average molecular weight is 285 g/mol. The summed E-state index contributed by atoms with van der Waals surface area (Å²) >= 11 is 0. The van der Waals surface area contributed by atoms with Crippen molar-refractivity contribution in [2.75, 3.05) is 19.4 Å². The zero-order valence-corrected chi connectivity index (χ0v) is 12.8. The van der Waals surface area contributed by atoms with Crippen LogP contribution in [-0.2, 0) is 9.84 Å². The Kier molecular flexibility index (Phi) is 5.82. The van der Waals surface area contributed by atoms with Crippen LogP contribution in [0.3, 0.4) is 0 Å². The molecule has 5 heteroatoms. The Hall–Kier alpha value is -1.07. The predicted octanol–water partition coefficient (Wildman–Crippen LogP) is 2.17. The van der Waals surface area contributed by atoms with Crippen molar-refractivity contribution >= 4 is 9.84 Å². The van der Waals surface area contributed by atoms with Crippen molar-refractivity contribution in [3.05, 3.63) is 29.8 Å². The van der Waals surface area contributed by atoms with Gasteiger partial charge in [-0.2, -0.15) is 0 Å². The van der Waals surface area contributed by atoms with Crippen LogP contribution in [0.15, 0.2) is 24.3 Å². The maximum atomic E-state index is 11.7. The summed E-state index contributed by atoms with van der Waals surface area (Å²) in [5.74, 6) is 0.990. The third-order valence-electron chi connectivity index (χ3n) is 3.17. The van der Waals surface area contributed by atoms with Crippen LogP contribution in [0.4, 0.5) is 0 Å². The van der Waals surface area contributed by atoms with Crippen LogP contribution in [-0.4, -0.2) is 33.1 Å². The minimum Gasteiger partial charge on any atom is -0.497 e. The third-order valence-corrected chi connectivity index (χ3v) is 5.38. The summed E-state index contributed by atoms with van der Waals surface area (Å²) in [4.78, 5) is 0. The van der Waals surface area contributed by atoms with Gasteiger partial charge in [-0.05, 0) is 38.5 Å². The zero-order chi connectivity index (χ0) is 14.5. The van der Waals surface area contributed by atoms with Crippen molar-refractivity contribution in [3.63, 3.8) is 0 Å². The standard InChI is InChI=1S/C14H23NO3S/c1-11(2)19(16,17)10-9-15-12(3)13-5-7-14(18-4)8-6-13/h5-8,11-12,15H,9-10H2,1-4H3. The summed E-state index contributed by atoms with van der Waals surface area (Å²) in [5, 5.41) is 2.91. The van der Waals surface area contributed by atoms with Gasteiger partial charge in [0.1, 0.15) is 5.75 Å². The first kappa shape index (κ1) is 16.0. The molecule has 0 aliphatic rings. The van der Waals surface area contributed by atoms with Gasteiger partial charge in [0.25, 0.3) is 0 Å². The molecule has 0 aliphatic heterocycles. The smallest absolute Gasteiger partial charge is 0.153 e. The van der Waals surface area contributed by atoms with Gasteiger partial charge >= 0.3 is 0 Å². The highest BCUT2D eigenvalue weighted by Gasteiger charge is 2.16. The van der Waals surface area contributed by atoms with Crippen molar-refractivity contribution in [1.82, 2.24) is 5.32 Å². The van der Waals surface area contributed by atoms with Gasteiger partial charge in [0.05, 0.1) is 18.1 Å². The Morgan fingerprint density at radius 2 is 1.74 bits per heavy atom. The molecule has 1 N–H and O–H groups in total. The molecule has 1 atom stereocenters. The Balaban J connectivity index is 2.49. The van der Waals surface area contributed by atoms with Crippen molar-refractivity contribution < 1.29 is 13.2 Å². The van der Waals surface area contributed by atoms with Crippen LogP contribution in [0.2, 0.25) is 0 Å². The van der Waals surface area contributed by atoms with Gasteiger partial charge in [0.2, 0.25) is 0 Å². The minimum absolute atomic E-state index is 0.119. The lowest BCUT2D eigenvalue weighted by Gasteiger charge is -2.15. The lowest BCUT2D eigenvalue weighted by molar-refractivity contribution is 0.414. The number of rotatable bonds is 7. The quantitative estimate of drug-likeness (QED) is 0.834. The van der Waals surface area contributed by atoms with E-state index in [9.17, 15) is 8.42 Å². The molecule has 1 aromatic carbocycles. The number of hydrogen-bond donors (Lipinski definition) is 1. The molecule has 0 saturated carbocycles. The van der Waals surface area contributed by atoms with Gasteiger partial charge in [-0.1, -0.05) is 12.1 Å². The number of benzene rings is 1. The topological polar surface area (TPSA) is 55.4 Å². The molecule has 0 bridgehead atoms. The maximum absolute atomic E-state index is 11.7. The lowest BCUT2D eigenvalue weighted by Crippen LogP contribution is -2.28. The molecule has 108 valence electrons. The number of sulfone groups is 1. The van der Waals surface area contributed by atoms with Gasteiger partial charge < -0.3 is 10.1 Å². The minimum atomic E-state index is -2.97. The highest BCUT2D eigenvalue weighted by Crippen LogP contribution is 2.17. The van der Waals surface area contributed by atoms with E-state index in [1.165, 1.54) is 0 Å². The zero-order valence-electron chi connectivity index (χ0n) is 12.0. The number of hydrogen-bond acceptors (Lipinski definition) is 4. The SMILES string of the molecule is COc1ccc(C(C)NCCS(=O)(=O)C(C)C)cc1. The molecule has 0 amide bonds. The van der Waals surface area contributed by atoms with Crippen molar-refractivity contribution in [2.24, 2.45) is 0 Å². The highest BCUT2D eigenvalue weighted by atomic mass is 32.2. The van der Waals surface area contributed by atoms with Crippen molar-refractivity contribution in [1.29, 1.82) is 0 Å². The van der Waals surface area contributed by atoms with E-state index in [1.54, 1.807) is 21.0 Å². The highest BCUT2D eigenvalue weighted by molar-refractivity contribution is 7.92. The molecule has 0 spiro atoms. The van der Waals surface area contributed by atoms with E-state index in [4.69, 9.17) is 4.74 Å². The van der Waals surface area contributed by atoms with Crippen molar-refractivity contribution in [3.8, 4) is 5.75 Å². The van der Waals surface area contributed by atoms with Crippen LogP contribution in [0.25, 0.3) is 0 Å². The molecule has 19 heavy (non-hydrogen) atoms. The van der Waals surface area contributed by atoms with Crippen LogP contribution >= 0.6 is 0 Å². The van der Waals surface area contributed by atoms with E-state index in [0.717, 1.165) is 11.3 Å². The molecule has 1 rings (SSSR count). The summed E-state index contributed by atoms with van der Waals surface area (Å²) < 4.78 is 28.5. The molecular weight excluding hydrogens is 262 g/mol. The molecular formula is C14H23NO3S. The summed E-state index contributed by atoms with van der Waals surface area (Å²) in [7, 11) is -1.34. The molecule has 0 fully saturated rings. The second-order valence-electron chi connectivity index (χ2n) is 4.86. The Labute approximate surface area is 116 Å². The van der Waals surface area contributed by atoms with E-state index < -0.39 is 9.84 Å². The normalized spacial score (nSPS) is 13.5. The fraction of sp³-hybridized carbons (Fsp3) is 0.571.